The van der Waals surface area contributed by atoms with Gasteiger partial charge in [-0.3, -0.25) is 19.2 Å². The molecule has 0 amide bonds. The first kappa shape index (κ1) is 28.2. The van der Waals surface area contributed by atoms with Crippen LogP contribution in [0.25, 0.3) is 0 Å². The van der Waals surface area contributed by atoms with Crippen LogP contribution in [-0.2, 0) is 49.3 Å². The summed E-state index contributed by atoms with van der Waals surface area (Å²) in [5, 5.41) is 8.33. The maximum atomic E-state index is 11.9. The molecule has 35 heavy (non-hydrogen) atoms. The van der Waals surface area contributed by atoms with Crippen LogP contribution in [0.4, 0.5) is 0 Å². The Morgan fingerprint density at radius 2 is 1.49 bits per heavy atom. The number of hydrogen-bond acceptors (Lipinski definition) is 11. The van der Waals surface area contributed by atoms with Gasteiger partial charge in [-0.2, -0.15) is 0 Å². The Morgan fingerprint density at radius 3 is 2.03 bits per heavy atom. The van der Waals surface area contributed by atoms with Crippen molar-refractivity contribution in [3.8, 4) is 0 Å². The zero-order chi connectivity index (χ0) is 26.3. The highest BCUT2D eigenvalue weighted by Crippen LogP contribution is 2.34. The van der Waals surface area contributed by atoms with Crippen molar-refractivity contribution in [1.82, 2.24) is 15.0 Å². The van der Waals surface area contributed by atoms with Crippen molar-refractivity contribution in [2.75, 3.05) is 6.61 Å². The second-order valence-electron chi connectivity index (χ2n) is 9.69. The monoisotopic (exact) mass is 497 g/mol. The van der Waals surface area contributed by atoms with Crippen LogP contribution in [0.2, 0.25) is 0 Å². The number of rotatable bonds is 9. The van der Waals surface area contributed by atoms with E-state index in [9.17, 15) is 19.2 Å². The molecule has 1 saturated heterocycles. The molecule has 1 aromatic rings. The number of esters is 4. The Balaban J connectivity index is 2.41. The maximum Gasteiger partial charge on any atom is 0.303 e. The summed E-state index contributed by atoms with van der Waals surface area (Å²) >= 11 is 0. The summed E-state index contributed by atoms with van der Waals surface area (Å²) in [5.41, 5.74) is 0.873. The van der Waals surface area contributed by atoms with E-state index in [4.69, 9.17) is 23.7 Å². The molecule has 1 aliphatic heterocycles. The molecule has 2 heterocycles. The first-order valence-corrected chi connectivity index (χ1v) is 11.5. The minimum Gasteiger partial charge on any atom is -0.463 e. The molecule has 0 bridgehead atoms. The number of aryl methyl sites for hydroxylation is 1. The van der Waals surface area contributed by atoms with Crippen LogP contribution >= 0.6 is 0 Å². The molecule has 5 atom stereocenters. The van der Waals surface area contributed by atoms with E-state index in [-0.39, 0.29) is 12.0 Å². The zero-order valence-electron chi connectivity index (χ0n) is 21.3. The van der Waals surface area contributed by atoms with Crippen molar-refractivity contribution in [3.05, 3.63) is 11.9 Å². The van der Waals surface area contributed by atoms with E-state index in [0.29, 0.717) is 12.1 Å². The van der Waals surface area contributed by atoms with Crippen molar-refractivity contribution >= 4 is 23.9 Å². The highest BCUT2D eigenvalue weighted by molar-refractivity contribution is 5.68. The fourth-order valence-corrected chi connectivity index (χ4v) is 3.77. The first-order chi connectivity index (χ1) is 16.3. The average Bonchev–Trinajstić information content (AvgIpc) is 3.16. The van der Waals surface area contributed by atoms with Crippen LogP contribution in [0.1, 0.15) is 73.2 Å². The van der Waals surface area contributed by atoms with E-state index in [0.717, 1.165) is 12.8 Å². The fourth-order valence-electron chi connectivity index (χ4n) is 3.77. The van der Waals surface area contributed by atoms with E-state index in [2.05, 4.69) is 31.1 Å². The molecule has 1 aromatic heterocycles. The highest BCUT2D eigenvalue weighted by atomic mass is 16.7. The third kappa shape index (κ3) is 8.93. The summed E-state index contributed by atoms with van der Waals surface area (Å²) in [7, 11) is 0. The molecule has 0 aromatic carbocycles. The van der Waals surface area contributed by atoms with Gasteiger partial charge in [-0.25, -0.2) is 4.68 Å². The maximum absolute atomic E-state index is 11.9. The number of nitrogens with zero attached hydrogens (tertiary/aromatic N) is 3. The van der Waals surface area contributed by atoms with Crippen LogP contribution < -0.4 is 0 Å². The lowest BCUT2D eigenvalue weighted by molar-refractivity contribution is -0.270. The lowest BCUT2D eigenvalue weighted by Gasteiger charge is -2.44. The summed E-state index contributed by atoms with van der Waals surface area (Å²) in [6, 6.07) is 0. The predicted molar refractivity (Wildman–Crippen MR) is 120 cm³/mol. The van der Waals surface area contributed by atoms with E-state index in [1.807, 2.05) is 0 Å². The number of hydrogen-bond donors (Lipinski definition) is 0. The summed E-state index contributed by atoms with van der Waals surface area (Å²) in [5.74, 6) is -2.64. The van der Waals surface area contributed by atoms with Crippen LogP contribution in [0.5, 0.6) is 0 Å². The molecule has 0 N–H and O–H groups in total. The minimum atomic E-state index is -1.26. The molecule has 1 fully saturated rings. The molecular weight excluding hydrogens is 462 g/mol. The van der Waals surface area contributed by atoms with Gasteiger partial charge in [0.25, 0.3) is 0 Å². The molecular formula is C23H35N3O9. The molecule has 0 spiro atoms. The molecule has 2 rings (SSSR count). The van der Waals surface area contributed by atoms with E-state index < -0.39 is 54.5 Å². The molecule has 12 nitrogen and oxygen atoms in total. The summed E-state index contributed by atoms with van der Waals surface area (Å²) < 4.78 is 28.8. The standard InChI is InChI=1S/C23H35N3O9/c1-13(27)31-12-18-19(32-14(2)28)20(33-15(3)29)21(34-16(4)30)22(35-18)26-11-17(24-25-26)9-8-10-23(5,6)7/h11,18-22H,8-10,12H2,1-7H3. The normalized spacial score (nSPS) is 24.4. The quantitative estimate of drug-likeness (QED) is 0.364. The average molecular weight is 498 g/mol. The second-order valence-corrected chi connectivity index (χ2v) is 9.69. The molecule has 0 radical (unpaired) electrons. The van der Waals surface area contributed by atoms with Gasteiger partial charge in [0.05, 0.1) is 11.9 Å². The van der Waals surface area contributed by atoms with E-state index in [1.165, 1.54) is 32.4 Å². The second kappa shape index (κ2) is 12.1. The van der Waals surface area contributed by atoms with Crippen molar-refractivity contribution < 1.29 is 42.9 Å². The van der Waals surface area contributed by atoms with Crippen molar-refractivity contribution in [3.63, 3.8) is 0 Å². The zero-order valence-corrected chi connectivity index (χ0v) is 21.3. The number of aromatic nitrogens is 3. The smallest absolute Gasteiger partial charge is 0.303 e. The molecule has 1 aliphatic rings. The summed E-state index contributed by atoms with van der Waals surface area (Å²) in [6.07, 6.45) is -1.64. The van der Waals surface area contributed by atoms with Crippen LogP contribution in [0.3, 0.4) is 0 Å². The topological polar surface area (TPSA) is 145 Å². The van der Waals surface area contributed by atoms with Gasteiger partial charge in [-0.15, -0.1) is 5.10 Å². The van der Waals surface area contributed by atoms with Crippen molar-refractivity contribution in [2.24, 2.45) is 5.41 Å². The Labute approximate surface area is 204 Å². The highest BCUT2D eigenvalue weighted by Gasteiger charge is 2.53. The molecule has 0 aliphatic carbocycles. The van der Waals surface area contributed by atoms with Gasteiger partial charge in [0, 0.05) is 27.7 Å². The number of ether oxygens (including phenoxy) is 5. The van der Waals surface area contributed by atoms with Crippen LogP contribution in [0, 0.1) is 5.41 Å². The predicted octanol–water partition coefficient (Wildman–Crippen LogP) is 1.90. The lowest BCUT2D eigenvalue weighted by Crippen LogP contribution is -2.60. The van der Waals surface area contributed by atoms with E-state index in [1.54, 1.807) is 6.20 Å². The lowest BCUT2D eigenvalue weighted by atomic mass is 9.89. The number of carbonyl (C=O) groups excluding carboxylic acids is 4. The Kier molecular flexibility index (Phi) is 9.75. The SMILES string of the molecule is CC(=O)OCC1OC(n2cc(CCCC(C)(C)C)nn2)C(OC(C)=O)C(OC(C)=O)C1OC(C)=O. The largest absolute Gasteiger partial charge is 0.463 e. The van der Waals surface area contributed by atoms with Gasteiger partial charge in [0.1, 0.15) is 12.7 Å². The van der Waals surface area contributed by atoms with Gasteiger partial charge in [-0.1, -0.05) is 26.0 Å². The van der Waals surface area contributed by atoms with Gasteiger partial charge < -0.3 is 23.7 Å². The van der Waals surface area contributed by atoms with Crippen LogP contribution in [-0.4, -0.2) is 69.9 Å². The molecule has 5 unspecified atom stereocenters. The summed E-state index contributed by atoms with van der Waals surface area (Å²) in [4.78, 5) is 47.1. The number of carbonyl (C=O) groups is 4. The molecule has 0 saturated carbocycles. The van der Waals surface area contributed by atoms with Gasteiger partial charge in [-0.05, 0) is 24.7 Å². The van der Waals surface area contributed by atoms with Crippen molar-refractivity contribution in [2.45, 2.75) is 98.4 Å². The Hall–Kier alpha value is -3.02. The van der Waals surface area contributed by atoms with E-state index >= 15 is 0 Å². The Bertz CT molecular complexity index is 908. The van der Waals surface area contributed by atoms with Gasteiger partial charge in [0.2, 0.25) is 0 Å². The van der Waals surface area contributed by atoms with Gasteiger partial charge >= 0.3 is 23.9 Å². The van der Waals surface area contributed by atoms with Crippen LogP contribution in [0.15, 0.2) is 6.20 Å². The fraction of sp³-hybridized carbons (Fsp3) is 0.739. The minimum absolute atomic E-state index is 0.176. The molecule has 12 heteroatoms. The van der Waals surface area contributed by atoms with Crippen molar-refractivity contribution in [1.29, 1.82) is 0 Å². The Morgan fingerprint density at radius 1 is 0.914 bits per heavy atom. The molecule has 196 valence electrons. The third-order valence-corrected chi connectivity index (χ3v) is 5.14. The first-order valence-electron chi connectivity index (χ1n) is 11.5. The summed E-state index contributed by atoms with van der Waals surface area (Å²) in [6.45, 7) is 10.9. The third-order valence-electron chi connectivity index (χ3n) is 5.14. The van der Waals surface area contributed by atoms with Gasteiger partial charge in [0.15, 0.2) is 24.5 Å².